The van der Waals surface area contributed by atoms with Crippen LogP contribution < -0.4 is 5.32 Å². The van der Waals surface area contributed by atoms with Gasteiger partial charge in [0.05, 0.1) is 11.1 Å². The van der Waals surface area contributed by atoms with Gasteiger partial charge >= 0.3 is 0 Å². The number of pyridine rings is 1. The smallest absolute Gasteiger partial charge is 0.262 e. The van der Waals surface area contributed by atoms with Crippen molar-refractivity contribution in [2.45, 2.75) is 12.5 Å². The molecule has 0 saturated heterocycles. The first-order valence-corrected chi connectivity index (χ1v) is 10.3. The number of carbonyl (C=O) groups is 3. The molecule has 0 spiro atoms. The largest absolute Gasteiger partial charge is 0.309 e. The predicted octanol–water partition coefficient (Wildman–Crippen LogP) is 4.08. The molecule has 2 heterocycles. The average Bonchev–Trinajstić information content (AvgIpc) is 3.08. The normalized spacial score (nSPS) is 13.8. The summed E-state index contributed by atoms with van der Waals surface area (Å²) in [6.45, 7) is 0. The molecule has 156 valence electrons. The minimum atomic E-state index is -1.03. The van der Waals surface area contributed by atoms with Crippen LogP contribution in [-0.2, 0) is 11.2 Å². The third kappa shape index (κ3) is 3.41. The minimum Gasteiger partial charge on any atom is -0.309 e. The number of carbonyl (C=O) groups excluding carboxylic acids is 3. The van der Waals surface area contributed by atoms with E-state index in [9.17, 15) is 14.4 Å². The Morgan fingerprint density at radius 2 is 1.47 bits per heavy atom. The van der Waals surface area contributed by atoms with Crippen molar-refractivity contribution in [3.63, 3.8) is 0 Å². The molecule has 0 aliphatic carbocycles. The highest BCUT2D eigenvalue weighted by Gasteiger charge is 2.42. The maximum Gasteiger partial charge on any atom is 0.262 e. The fraction of sp³-hybridized carbons (Fsp3) is 0.0769. The van der Waals surface area contributed by atoms with Gasteiger partial charge in [-0.2, -0.15) is 0 Å². The highest BCUT2D eigenvalue weighted by molar-refractivity contribution is 6.23. The Morgan fingerprint density at radius 3 is 2.19 bits per heavy atom. The SMILES string of the molecule is O=C(Nc1ccccn1)C(Cc1cccc2ccccc12)N1C(=O)c2ccccc2C1=O. The number of fused-ring (bicyclic) bond motifs is 2. The molecule has 1 aliphatic rings. The second-order valence-corrected chi connectivity index (χ2v) is 7.59. The Hall–Kier alpha value is -4.32. The van der Waals surface area contributed by atoms with Crippen LogP contribution >= 0.6 is 0 Å². The van der Waals surface area contributed by atoms with E-state index in [1.165, 1.54) is 0 Å². The maximum absolute atomic E-state index is 13.4. The lowest BCUT2D eigenvalue weighted by atomic mass is 9.97. The van der Waals surface area contributed by atoms with Crippen LogP contribution in [-0.4, -0.2) is 33.6 Å². The predicted molar refractivity (Wildman–Crippen MR) is 121 cm³/mol. The fourth-order valence-corrected chi connectivity index (χ4v) is 4.12. The lowest BCUT2D eigenvalue weighted by Gasteiger charge is -2.26. The van der Waals surface area contributed by atoms with Crippen LogP contribution in [0.15, 0.2) is 91.1 Å². The van der Waals surface area contributed by atoms with Crippen LogP contribution in [0, 0.1) is 0 Å². The summed E-state index contributed by atoms with van der Waals surface area (Å²) >= 11 is 0. The molecule has 1 aromatic heterocycles. The van der Waals surface area contributed by atoms with Crippen molar-refractivity contribution < 1.29 is 14.4 Å². The summed E-state index contributed by atoms with van der Waals surface area (Å²) in [5.74, 6) is -1.04. The van der Waals surface area contributed by atoms with E-state index < -0.39 is 23.8 Å². The first-order chi connectivity index (χ1) is 15.6. The Labute approximate surface area is 184 Å². The quantitative estimate of drug-likeness (QED) is 0.493. The molecule has 32 heavy (non-hydrogen) atoms. The van der Waals surface area contributed by atoms with Gasteiger partial charge in [-0.3, -0.25) is 19.3 Å². The molecule has 0 bridgehead atoms. The van der Waals surface area contributed by atoms with Gasteiger partial charge in [0.1, 0.15) is 11.9 Å². The van der Waals surface area contributed by atoms with Crippen molar-refractivity contribution >= 4 is 34.3 Å². The van der Waals surface area contributed by atoms with Crippen LogP contribution in [0.2, 0.25) is 0 Å². The van der Waals surface area contributed by atoms with E-state index in [1.807, 2.05) is 42.5 Å². The Bertz CT molecular complexity index is 1310. The number of aromatic nitrogens is 1. The molecular weight excluding hydrogens is 402 g/mol. The van der Waals surface area contributed by atoms with Gasteiger partial charge in [-0.15, -0.1) is 0 Å². The third-order valence-corrected chi connectivity index (χ3v) is 5.65. The van der Waals surface area contributed by atoms with Crippen LogP contribution in [0.3, 0.4) is 0 Å². The van der Waals surface area contributed by atoms with Gasteiger partial charge in [0.2, 0.25) is 5.91 Å². The molecule has 1 N–H and O–H groups in total. The number of nitrogens with one attached hydrogen (secondary N) is 1. The zero-order valence-corrected chi connectivity index (χ0v) is 17.1. The number of rotatable bonds is 5. The maximum atomic E-state index is 13.4. The van der Waals surface area contributed by atoms with Crippen molar-refractivity contribution in [1.29, 1.82) is 0 Å². The standard InChI is InChI=1S/C26H19N3O3/c30-24(28-23-14-5-6-15-27-23)22(16-18-10-7-9-17-8-1-2-11-19(17)18)29-25(31)20-12-3-4-13-21(20)26(29)32/h1-15,22H,16H2,(H,27,28,30). The summed E-state index contributed by atoms with van der Waals surface area (Å²) in [4.78, 5) is 44.9. The summed E-state index contributed by atoms with van der Waals surface area (Å²) in [5, 5.41) is 4.76. The zero-order valence-electron chi connectivity index (χ0n) is 17.1. The molecule has 1 unspecified atom stereocenters. The van der Waals surface area contributed by atoms with Gasteiger partial charge < -0.3 is 5.32 Å². The molecular formula is C26H19N3O3. The van der Waals surface area contributed by atoms with Crippen LogP contribution in [0.1, 0.15) is 26.3 Å². The zero-order chi connectivity index (χ0) is 22.1. The van der Waals surface area contributed by atoms with Gasteiger partial charge in [0, 0.05) is 12.6 Å². The van der Waals surface area contributed by atoms with Gasteiger partial charge in [-0.1, -0.05) is 60.7 Å². The summed E-state index contributed by atoms with van der Waals surface area (Å²) in [5.41, 5.74) is 1.50. The van der Waals surface area contributed by atoms with Crippen molar-refractivity contribution in [1.82, 2.24) is 9.88 Å². The van der Waals surface area contributed by atoms with E-state index in [2.05, 4.69) is 10.3 Å². The summed E-state index contributed by atoms with van der Waals surface area (Å²) in [6.07, 6.45) is 1.75. The van der Waals surface area contributed by atoms with Crippen LogP contribution in [0.5, 0.6) is 0 Å². The summed E-state index contributed by atoms with van der Waals surface area (Å²) in [7, 11) is 0. The first-order valence-electron chi connectivity index (χ1n) is 10.3. The van der Waals surface area contributed by atoms with Gasteiger partial charge in [0.25, 0.3) is 11.8 Å². The highest BCUT2D eigenvalue weighted by atomic mass is 16.2. The number of anilines is 1. The second kappa shape index (κ2) is 8.07. The van der Waals surface area contributed by atoms with Crippen molar-refractivity contribution in [3.05, 3.63) is 108 Å². The lowest BCUT2D eigenvalue weighted by molar-refractivity contribution is -0.119. The van der Waals surface area contributed by atoms with Crippen molar-refractivity contribution in [2.24, 2.45) is 0 Å². The average molecular weight is 421 g/mol. The summed E-state index contributed by atoms with van der Waals surface area (Å²) in [6, 6.07) is 24.4. The van der Waals surface area contributed by atoms with E-state index in [0.717, 1.165) is 21.2 Å². The molecule has 4 aromatic rings. The number of hydrogen-bond donors (Lipinski definition) is 1. The number of nitrogens with zero attached hydrogens (tertiary/aromatic N) is 2. The van der Waals surface area contributed by atoms with E-state index in [1.54, 1.807) is 48.7 Å². The van der Waals surface area contributed by atoms with Crippen molar-refractivity contribution in [2.75, 3.05) is 5.32 Å². The molecule has 0 fully saturated rings. The number of amides is 3. The van der Waals surface area contributed by atoms with E-state index >= 15 is 0 Å². The van der Waals surface area contributed by atoms with E-state index in [-0.39, 0.29) is 6.42 Å². The molecule has 3 amide bonds. The number of hydrogen-bond acceptors (Lipinski definition) is 4. The third-order valence-electron chi connectivity index (χ3n) is 5.65. The van der Waals surface area contributed by atoms with E-state index in [0.29, 0.717) is 16.9 Å². The molecule has 0 saturated carbocycles. The molecule has 6 heteroatoms. The van der Waals surface area contributed by atoms with Crippen molar-refractivity contribution in [3.8, 4) is 0 Å². The molecule has 6 nitrogen and oxygen atoms in total. The Morgan fingerprint density at radius 1 is 0.812 bits per heavy atom. The van der Waals surface area contributed by atoms with Crippen LogP contribution in [0.4, 0.5) is 5.82 Å². The highest BCUT2D eigenvalue weighted by Crippen LogP contribution is 2.28. The van der Waals surface area contributed by atoms with Crippen LogP contribution in [0.25, 0.3) is 10.8 Å². The van der Waals surface area contributed by atoms with Gasteiger partial charge in [0.15, 0.2) is 0 Å². The molecule has 1 aliphatic heterocycles. The number of benzene rings is 3. The molecule has 3 aromatic carbocycles. The minimum absolute atomic E-state index is 0.186. The Kier molecular flexibility index (Phi) is 4.95. The first kappa shape index (κ1) is 19.6. The Balaban J connectivity index is 1.56. The monoisotopic (exact) mass is 421 g/mol. The van der Waals surface area contributed by atoms with E-state index in [4.69, 9.17) is 0 Å². The molecule has 5 rings (SSSR count). The molecule has 1 atom stereocenters. The van der Waals surface area contributed by atoms with Gasteiger partial charge in [-0.05, 0) is 40.6 Å². The topological polar surface area (TPSA) is 79.4 Å². The summed E-state index contributed by atoms with van der Waals surface area (Å²) < 4.78 is 0. The fourth-order valence-electron chi connectivity index (χ4n) is 4.12. The number of imide groups is 1. The molecule has 0 radical (unpaired) electrons. The second-order valence-electron chi connectivity index (χ2n) is 7.59. The lowest BCUT2D eigenvalue weighted by Crippen LogP contribution is -2.48. The van der Waals surface area contributed by atoms with Gasteiger partial charge in [-0.25, -0.2) is 4.98 Å².